The lowest BCUT2D eigenvalue weighted by Crippen LogP contribution is -2.29. The molecule has 1 aliphatic rings. The van der Waals surface area contributed by atoms with Crippen LogP contribution in [0.5, 0.6) is 0 Å². The standard InChI is InChI=1S/C13H17ClN2/c1-16-8-6-11(7-9-16)2-3-12-4-5-13(14)15-10-12/h2-5,10-11H,6-9H2,1H3. The quantitative estimate of drug-likeness (QED) is 0.734. The summed E-state index contributed by atoms with van der Waals surface area (Å²) < 4.78 is 0. The van der Waals surface area contributed by atoms with Gasteiger partial charge < -0.3 is 4.90 Å². The third kappa shape index (κ3) is 3.32. The number of hydrogen-bond donors (Lipinski definition) is 0. The fourth-order valence-corrected chi connectivity index (χ4v) is 2.07. The molecule has 0 atom stereocenters. The number of pyridine rings is 1. The van der Waals surface area contributed by atoms with Crippen LogP contribution in [0.1, 0.15) is 18.4 Å². The highest BCUT2D eigenvalue weighted by Crippen LogP contribution is 2.18. The Hall–Kier alpha value is -0.860. The van der Waals surface area contributed by atoms with Crippen LogP contribution in [0.2, 0.25) is 5.15 Å². The van der Waals surface area contributed by atoms with E-state index in [1.165, 1.54) is 25.9 Å². The number of likely N-dealkylation sites (tertiary alicyclic amines) is 1. The van der Waals surface area contributed by atoms with Crippen molar-refractivity contribution in [3.8, 4) is 0 Å². The second-order valence-electron chi connectivity index (χ2n) is 4.41. The maximum Gasteiger partial charge on any atom is 0.129 e. The van der Waals surface area contributed by atoms with E-state index < -0.39 is 0 Å². The van der Waals surface area contributed by atoms with Crippen LogP contribution in [-0.4, -0.2) is 30.0 Å². The van der Waals surface area contributed by atoms with Gasteiger partial charge in [-0.3, -0.25) is 0 Å². The molecule has 0 amide bonds. The first kappa shape index (κ1) is 11.6. The fourth-order valence-electron chi connectivity index (χ4n) is 1.95. The number of piperidine rings is 1. The van der Waals surface area contributed by atoms with Gasteiger partial charge in [0.2, 0.25) is 0 Å². The van der Waals surface area contributed by atoms with Crippen LogP contribution in [0.15, 0.2) is 24.4 Å². The van der Waals surface area contributed by atoms with Gasteiger partial charge in [0.05, 0.1) is 0 Å². The highest BCUT2D eigenvalue weighted by atomic mass is 35.5. The van der Waals surface area contributed by atoms with Crippen LogP contribution in [0, 0.1) is 5.92 Å². The minimum atomic E-state index is 0.552. The molecular formula is C13H17ClN2. The molecule has 0 saturated carbocycles. The summed E-state index contributed by atoms with van der Waals surface area (Å²) >= 11 is 5.74. The van der Waals surface area contributed by atoms with Crippen LogP contribution in [0.4, 0.5) is 0 Å². The maximum atomic E-state index is 5.74. The summed E-state index contributed by atoms with van der Waals surface area (Å²) in [7, 11) is 2.18. The van der Waals surface area contributed by atoms with Gasteiger partial charge in [0.15, 0.2) is 0 Å². The molecule has 1 fully saturated rings. The lowest BCUT2D eigenvalue weighted by molar-refractivity contribution is 0.244. The zero-order chi connectivity index (χ0) is 11.4. The predicted octanol–water partition coefficient (Wildman–Crippen LogP) is 3.09. The molecule has 0 unspecified atom stereocenters. The van der Waals surface area contributed by atoms with Crippen molar-refractivity contribution in [2.24, 2.45) is 5.92 Å². The summed E-state index contributed by atoms with van der Waals surface area (Å²) in [6.07, 6.45) is 8.78. The van der Waals surface area contributed by atoms with Gasteiger partial charge in [0, 0.05) is 6.20 Å². The van der Waals surface area contributed by atoms with Gasteiger partial charge in [-0.15, -0.1) is 0 Å². The average molecular weight is 237 g/mol. The lowest BCUT2D eigenvalue weighted by atomic mass is 9.96. The molecular weight excluding hydrogens is 220 g/mol. The minimum absolute atomic E-state index is 0.552. The minimum Gasteiger partial charge on any atom is -0.306 e. The van der Waals surface area contributed by atoms with Crippen molar-refractivity contribution in [3.05, 3.63) is 35.1 Å². The Morgan fingerprint density at radius 2 is 2.12 bits per heavy atom. The summed E-state index contributed by atoms with van der Waals surface area (Å²) in [6, 6.07) is 3.83. The molecule has 86 valence electrons. The van der Waals surface area contributed by atoms with Crippen molar-refractivity contribution >= 4 is 17.7 Å². The van der Waals surface area contributed by atoms with Crippen LogP contribution in [0.25, 0.3) is 6.08 Å². The largest absolute Gasteiger partial charge is 0.306 e. The number of halogens is 1. The molecule has 0 aliphatic carbocycles. The molecule has 2 heterocycles. The van der Waals surface area contributed by atoms with Gasteiger partial charge in [-0.05, 0) is 50.5 Å². The van der Waals surface area contributed by atoms with E-state index in [-0.39, 0.29) is 0 Å². The van der Waals surface area contributed by atoms with Gasteiger partial charge >= 0.3 is 0 Å². The number of nitrogens with zero attached hydrogens (tertiary/aromatic N) is 2. The van der Waals surface area contributed by atoms with E-state index in [4.69, 9.17) is 11.6 Å². The maximum absolute atomic E-state index is 5.74. The monoisotopic (exact) mass is 236 g/mol. The molecule has 3 heteroatoms. The lowest BCUT2D eigenvalue weighted by Gasteiger charge is -2.26. The van der Waals surface area contributed by atoms with Crippen molar-refractivity contribution in [3.63, 3.8) is 0 Å². The van der Waals surface area contributed by atoms with E-state index in [1.54, 1.807) is 0 Å². The first-order valence-electron chi connectivity index (χ1n) is 5.72. The molecule has 0 radical (unpaired) electrons. The molecule has 0 bridgehead atoms. The van der Waals surface area contributed by atoms with E-state index in [2.05, 4.69) is 29.1 Å². The Bertz CT molecular complexity index is 351. The normalized spacial score (nSPS) is 19.4. The molecule has 2 nitrogen and oxygen atoms in total. The van der Waals surface area contributed by atoms with Crippen molar-refractivity contribution in [2.45, 2.75) is 12.8 Å². The molecule has 1 aromatic heterocycles. The number of rotatable bonds is 2. The Morgan fingerprint density at radius 1 is 1.38 bits per heavy atom. The highest BCUT2D eigenvalue weighted by molar-refractivity contribution is 6.29. The summed E-state index contributed by atoms with van der Waals surface area (Å²) in [6.45, 7) is 2.40. The van der Waals surface area contributed by atoms with Crippen LogP contribution < -0.4 is 0 Å². The summed E-state index contributed by atoms with van der Waals surface area (Å²) in [4.78, 5) is 6.44. The second kappa shape index (κ2) is 5.46. The Kier molecular flexibility index (Phi) is 3.97. The van der Waals surface area contributed by atoms with Gasteiger partial charge in [0.25, 0.3) is 0 Å². The molecule has 0 N–H and O–H groups in total. The smallest absolute Gasteiger partial charge is 0.129 e. The summed E-state index contributed by atoms with van der Waals surface area (Å²) in [5.41, 5.74) is 1.13. The van der Waals surface area contributed by atoms with Crippen molar-refractivity contribution < 1.29 is 0 Å². The number of aromatic nitrogens is 1. The van der Waals surface area contributed by atoms with Gasteiger partial charge in [-0.2, -0.15) is 0 Å². The topological polar surface area (TPSA) is 16.1 Å². The Balaban J connectivity index is 1.91. The van der Waals surface area contributed by atoms with Gasteiger partial charge in [0.1, 0.15) is 5.15 Å². The van der Waals surface area contributed by atoms with E-state index in [1.807, 2.05) is 18.3 Å². The Labute approximate surface area is 102 Å². The SMILES string of the molecule is CN1CCC(C=Cc2ccc(Cl)nc2)CC1. The van der Waals surface area contributed by atoms with E-state index in [0.29, 0.717) is 11.1 Å². The van der Waals surface area contributed by atoms with Crippen LogP contribution in [-0.2, 0) is 0 Å². The first-order chi connectivity index (χ1) is 7.74. The van der Waals surface area contributed by atoms with E-state index in [9.17, 15) is 0 Å². The molecule has 1 saturated heterocycles. The molecule has 0 aromatic carbocycles. The second-order valence-corrected chi connectivity index (χ2v) is 4.80. The van der Waals surface area contributed by atoms with Crippen molar-refractivity contribution in [1.82, 2.24) is 9.88 Å². The fraction of sp³-hybridized carbons (Fsp3) is 0.462. The van der Waals surface area contributed by atoms with Crippen LogP contribution >= 0.6 is 11.6 Å². The third-order valence-corrected chi connectivity index (χ3v) is 3.30. The van der Waals surface area contributed by atoms with Crippen LogP contribution in [0.3, 0.4) is 0 Å². The van der Waals surface area contributed by atoms with Gasteiger partial charge in [-0.25, -0.2) is 4.98 Å². The number of allylic oxidation sites excluding steroid dienone is 1. The molecule has 1 aliphatic heterocycles. The third-order valence-electron chi connectivity index (χ3n) is 3.07. The molecule has 16 heavy (non-hydrogen) atoms. The van der Waals surface area contributed by atoms with Crippen molar-refractivity contribution in [1.29, 1.82) is 0 Å². The highest BCUT2D eigenvalue weighted by Gasteiger charge is 2.13. The predicted molar refractivity (Wildman–Crippen MR) is 68.5 cm³/mol. The first-order valence-corrected chi connectivity index (χ1v) is 6.10. The van der Waals surface area contributed by atoms with Crippen molar-refractivity contribution in [2.75, 3.05) is 20.1 Å². The zero-order valence-electron chi connectivity index (χ0n) is 9.56. The average Bonchev–Trinajstić information content (AvgIpc) is 2.30. The van der Waals surface area contributed by atoms with Gasteiger partial charge in [-0.1, -0.05) is 29.8 Å². The van der Waals surface area contributed by atoms with E-state index in [0.717, 1.165) is 5.56 Å². The zero-order valence-corrected chi connectivity index (χ0v) is 10.3. The molecule has 2 rings (SSSR count). The summed E-state index contributed by atoms with van der Waals surface area (Å²) in [5.74, 6) is 0.715. The van der Waals surface area contributed by atoms with E-state index >= 15 is 0 Å². The summed E-state index contributed by atoms with van der Waals surface area (Å²) in [5, 5.41) is 0.552. The molecule has 1 aromatic rings. The Morgan fingerprint density at radius 3 is 2.75 bits per heavy atom. The number of hydrogen-bond acceptors (Lipinski definition) is 2. The molecule has 0 spiro atoms.